The number of hydrogen-bond donors (Lipinski definition) is 2. The number of carbonyl (C=O) groups is 2. The summed E-state index contributed by atoms with van der Waals surface area (Å²) in [5, 5.41) is 6.74. The van der Waals surface area contributed by atoms with E-state index in [9.17, 15) is 9.59 Å². The summed E-state index contributed by atoms with van der Waals surface area (Å²) in [7, 11) is 1.67. The highest BCUT2D eigenvalue weighted by atomic mass is 16.5. The first-order chi connectivity index (χ1) is 16.1. The second-order valence-corrected chi connectivity index (χ2v) is 12.6. The number of fused-ring (bicyclic) bond motifs is 5. The quantitative estimate of drug-likeness (QED) is 0.642. The van der Waals surface area contributed by atoms with Crippen LogP contribution in [0.1, 0.15) is 84.6 Å². The third-order valence-corrected chi connectivity index (χ3v) is 10.7. The molecule has 1 aromatic rings. The van der Waals surface area contributed by atoms with E-state index >= 15 is 0 Å². The molecule has 0 spiro atoms. The summed E-state index contributed by atoms with van der Waals surface area (Å²) in [4.78, 5) is 25.8. The molecular weight excluding hydrogens is 424 g/mol. The number of benzene rings is 1. The van der Waals surface area contributed by atoms with E-state index in [0.717, 1.165) is 43.4 Å². The summed E-state index contributed by atoms with van der Waals surface area (Å²) in [6, 6.07) is 8.35. The van der Waals surface area contributed by atoms with Crippen LogP contribution in [0, 0.1) is 34.5 Å². The molecule has 0 radical (unpaired) electrons. The second-order valence-electron chi connectivity index (χ2n) is 12.6. The second kappa shape index (κ2) is 8.27. The van der Waals surface area contributed by atoms with Crippen LogP contribution in [0.2, 0.25) is 0 Å². The molecule has 1 aliphatic heterocycles. The van der Waals surface area contributed by atoms with Gasteiger partial charge in [-0.3, -0.25) is 9.59 Å². The lowest BCUT2D eigenvalue weighted by Crippen LogP contribution is -2.61. The van der Waals surface area contributed by atoms with Crippen LogP contribution in [0.3, 0.4) is 0 Å². The van der Waals surface area contributed by atoms with Gasteiger partial charge in [-0.1, -0.05) is 26.0 Å². The van der Waals surface area contributed by atoms with Crippen LogP contribution < -0.4 is 15.4 Å². The van der Waals surface area contributed by atoms with Crippen molar-refractivity contribution in [2.45, 2.75) is 90.6 Å². The van der Waals surface area contributed by atoms with Gasteiger partial charge in [0.2, 0.25) is 11.8 Å². The first-order valence-corrected chi connectivity index (χ1v) is 13.3. The van der Waals surface area contributed by atoms with E-state index in [1.165, 1.54) is 12.8 Å². The highest BCUT2D eigenvalue weighted by molar-refractivity contribution is 5.81. The van der Waals surface area contributed by atoms with Gasteiger partial charge in [0.25, 0.3) is 0 Å². The Morgan fingerprint density at radius 3 is 2.41 bits per heavy atom. The van der Waals surface area contributed by atoms with Gasteiger partial charge in [-0.05, 0) is 105 Å². The van der Waals surface area contributed by atoms with Crippen LogP contribution in [0.5, 0.6) is 5.75 Å². The van der Waals surface area contributed by atoms with Crippen molar-refractivity contribution in [3.63, 3.8) is 0 Å². The first-order valence-electron chi connectivity index (χ1n) is 13.3. The lowest BCUT2D eigenvalue weighted by molar-refractivity contribution is -0.142. The van der Waals surface area contributed by atoms with E-state index in [4.69, 9.17) is 4.74 Å². The molecule has 2 unspecified atom stereocenters. The number of carbonyl (C=O) groups excluding carboxylic acids is 2. The zero-order valence-corrected chi connectivity index (χ0v) is 21.6. The van der Waals surface area contributed by atoms with Crippen LogP contribution >= 0.6 is 0 Å². The Balaban J connectivity index is 1.32. The van der Waals surface area contributed by atoms with E-state index in [-0.39, 0.29) is 28.6 Å². The molecule has 3 aliphatic carbocycles. The van der Waals surface area contributed by atoms with Crippen molar-refractivity contribution in [2.75, 3.05) is 7.11 Å². The van der Waals surface area contributed by atoms with E-state index in [1.807, 2.05) is 24.3 Å². The summed E-state index contributed by atoms with van der Waals surface area (Å²) >= 11 is 0. The molecule has 1 saturated heterocycles. The monoisotopic (exact) mass is 466 g/mol. The van der Waals surface area contributed by atoms with Gasteiger partial charge in [0.15, 0.2) is 0 Å². The molecule has 5 nitrogen and oxygen atoms in total. The minimum Gasteiger partial charge on any atom is -0.497 e. The van der Waals surface area contributed by atoms with Crippen molar-refractivity contribution >= 4 is 11.8 Å². The van der Waals surface area contributed by atoms with Crippen molar-refractivity contribution in [3.05, 3.63) is 29.8 Å². The predicted molar refractivity (Wildman–Crippen MR) is 133 cm³/mol. The number of nitrogens with one attached hydrogen (secondary N) is 2. The van der Waals surface area contributed by atoms with Gasteiger partial charge in [0, 0.05) is 18.4 Å². The van der Waals surface area contributed by atoms with E-state index in [1.54, 1.807) is 7.11 Å². The fourth-order valence-electron chi connectivity index (χ4n) is 8.61. The van der Waals surface area contributed by atoms with Crippen molar-refractivity contribution in [1.29, 1.82) is 0 Å². The Hall–Kier alpha value is -2.04. The molecular formula is C29H42N2O3. The fourth-order valence-corrected chi connectivity index (χ4v) is 8.61. The van der Waals surface area contributed by atoms with Crippen LogP contribution in [0.4, 0.5) is 0 Å². The maximum absolute atomic E-state index is 13.7. The van der Waals surface area contributed by atoms with Crippen molar-refractivity contribution < 1.29 is 14.3 Å². The molecule has 34 heavy (non-hydrogen) atoms. The molecule has 7 atom stereocenters. The number of hydrogen-bond acceptors (Lipinski definition) is 3. The Bertz CT molecular complexity index is 957. The van der Waals surface area contributed by atoms with E-state index in [2.05, 4.69) is 38.3 Å². The average molecular weight is 467 g/mol. The van der Waals surface area contributed by atoms with Gasteiger partial charge >= 0.3 is 0 Å². The molecule has 0 bridgehead atoms. The number of piperidine rings is 1. The third kappa shape index (κ3) is 3.65. The highest BCUT2D eigenvalue weighted by Crippen LogP contribution is 2.65. The maximum atomic E-state index is 13.7. The molecule has 2 amide bonds. The maximum Gasteiger partial charge on any atom is 0.224 e. The lowest BCUT2D eigenvalue weighted by Gasteiger charge is -2.60. The molecule has 1 heterocycles. The molecule has 2 N–H and O–H groups in total. The van der Waals surface area contributed by atoms with Crippen LogP contribution in [0.25, 0.3) is 0 Å². The Labute approximate surface area is 204 Å². The van der Waals surface area contributed by atoms with Gasteiger partial charge in [-0.15, -0.1) is 0 Å². The van der Waals surface area contributed by atoms with E-state index < -0.39 is 5.54 Å². The zero-order chi connectivity index (χ0) is 24.3. The first kappa shape index (κ1) is 23.7. The normalized spacial score (nSPS) is 39.3. The van der Waals surface area contributed by atoms with Crippen molar-refractivity contribution in [1.82, 2.24) is 10.6 Å². The standard InChI is InChI=1S/C29H42N2O3/c1-27(2,18-6-8-19(34-5)9-7-18)31-26(33)23-12-11-21-20-10-13-24-29(4,17-15-25(32)30-24)22(20)14-16-28(21,23)3/h6-9,20-24H,10-17H2,1-5H3,(H,30,32)(H,31,33)/t20-,21-,22+,23?,24?,28-,29+/m0/s1. The largest absolute Gasteiger partial charge is 0.497 e. The lowest BCUT2D eigenvalue weighted by atomic mass is 9.47. The summed E-state index contributed by atoms with van der Waals surface area (Å²) in [6.07, 6.45) is 8.44. The summed E-state index contributed by atoms with van der Waals surface area (Å²) in [5.41, 5.74) is 0.952. The Morgan fingerprint density at radius 2 is 1.71 bits per heavy atom. The molecule has 4 fully saturated rings. The SMILES string of the molecule is COc1ccc(C(C)(C)NC(=O)C2CC[C@H]3[C@@H]4CCC5NC(=O)CC[C@]5(C)[C@@H]4CC[C@]23C)cc1. The van der Waals surface area contributed by atoms with Gasteiger partial charge in [-0.2, -0.15) is 0 Å². The smallest absolute Gasteiger partial charge is 0.224 e. The summed E-state index contributed by atoms with van der Waals surface area (Å²) < 4.78 is 5.30. The summed E-state index contributed by atoms with van der Waals surface area (Å²) in [6.45, 7) is 9.03. The van der Waals surface area contributed by atoms with Gasteiger partial charge < -0.3 is 15.4 Å². The van der Waals surface area contributed by atoms with Gasteiger partial charge in [0.05, 0.1) is 12.6 Å². The van der Waals surface area contributed by atoms with E-state index in [0.29, 0.717) is 30.2 Å². The molecule has 0 aromatic heterocycles. The molecule has 5 rings (SSSR count). The number of ether oxygens (including phenoxy) is 1. The molecule has 4 aliphatic rings. The third-order valence-electron chi connectivity index (χ3n) is 10.7. The molecule has 1 aromatic carbocycles. The molecule has 5 heteroatoms. The molecule has 186 valence electrons. The van der Waals surface area contributed by atoms with Gasteiger partial charge in [0.1, 0.15) is 5.75 Å². The van der Waals surface area contributed by atoms with Crippen molar-refractivity contribution in [3.8, 4) is 5.75 Å². The van der Waals surface area contributed by atoms with Crippen LogP contribution in [0.15, 0.2) is 24.3 Å². The van der Waals surface area contributed by atoms with Crippen LogP contribution in [-0.4, -0.2) is 25.0 Å². The minimum absolute atomic E-state index is 0.0718. The number of rotatable bonds is 4. The molecule has 3 saturated carbocycles. The summed E-state index contributed by atoms with van der Waals surface area (Å²) in [5.74, 6) is 3.32. The zero-order valence-electron chi connectivity index (χ0n) is 21.6. The predicted octanol–water partition coefficient (Wildman–Crippen LogP) is 5.18. The Kier molecular flexibility index (Phi) is 5.76. The topological polar surface area (TPSA) is 67.4 Å². The van der Waals surface area contributed by atoms with Gasteiger partial charge in [-0.25, -0.2) is 0 Å². The number of amides is 2. The highest BCUT2D eigenvalue weighted by Gasteiger charge is 2.61. The minimum atomic E-state index is -0.430. The number of methoxy groups -OCH3 is 1. The Morgan fingerprint density at radius 1 is 1.00 bits per heavy atom. The van der Waals surface area contributed by atoms with Crippen LogP contribution in [-0.2, 0) is 15.1 Å². The fraction of sp³-hybridized carbons (Fsp3) is 0.724. The average Bonchev–Trinajstić information content (AvgIpc) is 3.16. The van der Waals surface area contributed by atoms with Crippen molar-refractivity contribution in [2.24, 2.45) is 34.5 Å².